The van der Waals surface area contributed by atoms with Crippen molar-refractivity contribution < 1.29 is 4.42 Å². The number of allylic oxidation sites excluding steroid dienone is 13. The largest absolute Gasteiger partial charge is 0.457 e. The number of hydrogen-bond acceptors (Lipinski definition) is 4. The number of benzene rings is 4. The number of furan rings is 1. The van der Waals surface area contributed by atoms with E-state index < -0.39 is 0 Å². The molecule has 0 spiro atoms. The molecule has 0 fully saturated rings. The van der Waals surface area contributed by atoms with Crippen molar-refractivity contribution in [1.29, 1.82) is 0 Å². The number of nitrogens with zero attached hydrogens (tertiary/aromatic N) is 3. The molecule has 56 heavy (non-hydrogen) atoms. The molecule has 0 atom stereocenters. The molecule has 270 valence electrons. The molecule has 4 heteroatoms. The van der Waals surface area contributed by atoms with Crippen LogP contribution in [0.3, 0.4) is 0 Å². The minimum atomic E-state index is -0.0888. The first kappa shape index (κ1) is 34.8. The van der Waals surface area contributed by atoms with Gasteiger partial charge < -0.3 is 4.42 Å². The highest BCUT2D eigenvalue weighted by Crippen LogP contribution is 2.49. The number of aromatic nitrogens is 3. The van der Waals surface area contributed by atoms with Crippen LogP contribution in [0.4, 0.5) is 0 Å². The fourth-order valence-electron chi connectivity index (χ4n) is 8.28. The second-order valence-corrected chi connectivity index (χ2v) is 15.0. The highest BCUT2D eigenvalue weighted by atomic mass is 16.3. The molecular weight excluding hydrogens is 683 g/mol. The number of hydrogen-bond donors (Lipinski definition) is 0. The highest BCUT2D eigenvalue weighted by molar-refractivity contribution is 5.94. The van der Waals surface area contributed by atoms with Gasteiger partial charge in [-0.1, -0.05) is 155 Å². The summed E-state index contributed by atoms with van der Waals surface area (Å²) < 4.78 is 6.38. The first-order chi connectivity index (χ1) is 27.2. The molecular formula is C52H41N3O. The van der Waals surface area contributed by atoms with E-state index in [1.807, 2.05) is 72.8 Å². The van der Waals surface area contributed by atoms with Crippen molar-refractivity contribution in [1.82, 2.24) is 15.0 Å². The van der Waals surface area contributed by atoms with Gasteiger partial charge in [0.15, 0.2) is 17.5 Å². The Hall–Kier alpha value is -6.91. The molecule has 0 saturated carbocycles. The van der Waals surface area contributed by atoms with Gasteiger partial charge in [0.05, 0.1) is 0 Å². The molecule has 0 aliphatic heterocycles. The van der Waals surface area contributed by atoms with Crippen LogP contribution < -0.4 is 0 Å². The minimum Gasteiger partial charge on any atom is -0.457 e. The molecule has 4 nitrogen and oxygen atoms in total. The molecule has 0 unspecified atom stereocenters. The highest BCUT2D eigenvalue weighted by Gasteiger charge is 2.35. The van der Waals surface area contributed by atoms with Gasteiger partial charge in [-0.05, 0) is 98.4 Å². The fourth-order valence-corrected chi connectivity index (χ4v) is 8.28. The maximum absolute atomic E-state index is 6.38. The van der Waals surface area contributed by atoms with E-state index in [0.717, 1.165) is 68.4 Å². The van der Waals surface area contributed by atoms with Crippen LogP contribution in [0.25, 0.3) is 62.3 Å². The van der Waals surface area contributed by atoms with Crippen molar-refractivity contribution in [2.75, 3.05) is 0 Å². The molecule has 2 aromatic heterocycles. The first-order valence-corrected chi connectivity index (χ1v) is 19.0. The van der Waals surface area contributed by atoms with Crippen LogP contribution >= 0.6 is 0 Å². The average Bonchev–Trinajstić information content (AvgIpc) is 3.76. The van der Waals surface area contributed by atoms with E-state index >= 15 is 0 Å². The van der Waals surface area contributed by atoms with Crippen LogP contribution in [0.1, 0.15) is 43.6 Å². The van der Waals surface area contributed by atoms with Gasteiger partial charge >= 0.3 is 0 Å². The molecule has 0 amide bonds. The summed E-state index contributed by atoms with van der Waals surface area (Å²) in [5.74, 6) is 2.48. The summed E-state index contributed by atoms with van der Waals surface area (Å²) >= 11 is 0. The summed E-state index contributed by atoms with van der Waals surface area (Å²) in [5, 5.41) is 0.904. The lowest BCUT2D eigenvalue weighted by molar-refractivity contribution is 0.604. The van der Waals surface area contributed by atoms with E-state index in [0.29, 0.717) is 23.2 Å². The van der Waals surface area contributed by atoms with Gasteiger partial charge in [0.25, 0.3) is 0 Å². The molecule has 4 aromatic carbocycles. The Morgan fingerprint density at radius 1 is 0.750 bits per heavy atom. The maximum atomic E-state index is 6.38. The van der Waals surface area contributed by atoms with Gasteiger partial charge in [-0.25, -0.2) is 15.0 Å². The Morgan fingerprint density at radius 3 is 2.30 bits per heavy atom. The summed E-state index contributed by atoms with van der Waals surface area (Å²) in [6, 6.07) is 33.4. The predicted octanol–water partition coefficient (Wildman–Crippen LogP) is 13.3. The molecule has 0 N–H and O–H groups in total. The normalized spacial score (nSPS) is 16.2. The van der Waals surface area contributed by atoms with Gasteiger partial charge in [0, 0.05) is 27.5 Å². The van der Waals surface area contributed by atoms with E-state index in [2.05, 4.69) is 107 Å². The van der Waals surface area contributed by atoms with Crippen LogP contribution in [-0.4, -0.2) is 15.0 Å². The predicted molar refractivity (Wildman–Crippen MR) is 232 cm³/mol. The van der Waals surface area contributed by atoms with Crippen molar-refractivity contribution in [3.05, 3.63) is 216 Å². The minimum absolute atomic E-state index is 0.0888. The Morgan fingerprint density at radius 2 is 1.48 bits per heavy atom. The Kier molecular flexibility index (Phi) is 8.55. The summed E-state index contributed by atoms with van der Waals surface area (Å²) in [7, 11) is 0. The van der Waals surface area contributed by atoms with Crippen LogP contribution in [0.15, 0.2) is 203 Å². The molecule has 3 aliphatic carbocycles. The van der Waals surface area contributed by atoms with Gasteiger partial charge in [-0.15, -0.1) is 0 Å². The van der Waals surface area contributed by atoms with Gasteiger partial charge in [0.2, 0.25) is 0 Å². The Bertz CT molecular complexity index is 2830. The standard InChI is InChI=1S/C52H41N3O/c1-7-39(48-33(3)24-26-35-16-11-12-19-40(35)48)34(4)32(2)25-28-38-31-44-42(21-15-23-47(44)56-38)51-54-49(36-17-9-8-10-18-36)53-50(55-51)37-27-29-46-43(30-37)41-20-13-14-22-45(41)52(46,5)6/h7-15,17-23,25-31H,1-4,16,24H2,5-6H3/b28-25-,48-39+. The van der Waals surface area contributed by atoms with Gasteiger partial charge in [0.1, 0.15) is 11.3 Å². The fraction of sp³-hybridized carbons (Fsp3) is 0.0962. The molecule has 9 rings (SSSR count). The third kappa shape index (κ3) is 5.91. The van der Waals surface area contributed by atoms with E-state index in [1.54, 1.807) is 0 Å². The smallest absolute Gasteiger partial charge is 0.164 e. The van der Waals surface area contributed by atoms with Gasteiger partial charge in [-0.2, -0.15) is 0 Å². The molecule has 0 saturated heterocycles. The monoisotopic (exact) mass is 723 g/mol. The lowest BCUT2D eigenvalue weighted by Gasteiger charge is -2.26. The summed E-state index contributed by atoms with van der Waals surface area (Å²) in [5.41, 5.74) is 15.6. The summed E-state index contributed by atoms with van der Waals surface area (Å²) in [6.07, 6.45) is 16.2. The van der Waals surface area contributed by atoms with Crippen molar-refractivity contribution in [2.24, 2.45) is 0 Å². The van der Waals surface area contributed by atoms with E-state index in [-0.39, 0.29) is 5.41 Å². The molecule has 0 radical (unpaired) electrons. The first-order valence-electron chi connectivity index (χ1n) is 19.0. The zero-order chi connectivity index (χ0) is 38.6. The second kappa shape index (κ2) is 13.7. The second-order valence-electron chi connectivity index (χ2n) is 15.0. The number of fused-ring (bicyclic) bond motifs is 5. The number of rotatable bonds is 8. The SMILES string of the molecule is C=C/C(C(=C)C(=C)/C=C\c1cc2c(-c3nc(-c4ccccc4)nc(-c4ccc5c(c4)-c4ccccc4C5(C)C)n3)cccc2o1)=C1/C(=C)CC=C2CC=CC=C21. The van der Waals surface area contributed by atoms with E-state index in [4.69, 9.17) is 19.4 Å². The molecule has 0 bridgehead atoms. The van der Waals surface area contributed by atoms with Gasteiger partial charge in [-0.3, -0.25) is 0 Å². The van der Waals surface area contributed by atoms with Crippen molar-refractivity contribution in [3.8, 4) is 45.3 Å². The van der Waals surface area contributed by atoms with Crippen molar-refractivity contribution >= 4 is 17.0 Å². The molecule has 6 aromatic rings. The Balaban J connectivity index is 1.09. The summed E-state index contributed by atoms with van der Waals surface area (Å²) in [4.78, 5) is 15.2. The van der Waals surface area contributed by atoms with Crippen molar-refractivity contribution in [3.63, 3.8) is 0 Å². The quantitative estimate of drug-likeness (QED) is 0.147. The van der Waals surface area contributed by atoms with Crippen molar-refractivity contribution in [2.45, 2.75) is 32.1 Å². The third-order valence-electron chi connectivity index (χ3n) is 11.3. The zero-order valence-corrected chi connectivity index (χ0v) is 31.8. The van der Waals surface area contributed by atoms with Crippen LogP contribution in [0.5, 0.6) is 0 Å². The summed E-state index contributed by atoms with van der Waals surface area (Å²) in [6.45, 7) is 22.0. The molecule has 2 heterocycles. The maximum Gasteiger partial charge on any atom is 0.164 e. The van der Waals surface area contributed by atoms with E-state index in [1.165, 1.54) is 33.4 Å². The van der Waals surface area contributed by atoms with E-state index in [9.17, 15) is 0 Å². The molecule has 3 aliphatic rings. The average molecular weight is 724 g/mol. The lowest BCUT2D eigenvalue weighted by Crippen LogP contribution is -2.14. The van der Waals surface area contributed by atoms with Crippen LogP contribution in [0.2, 0.25) is 0 Å². The topological polar surface area (TPSA) is 51.8 Å². The Labute approximate surface area is 328 Å². The zero-order valence-electron chi connectivity index (χ0n) is 31.8. The third-order valence-corrected chi connectivity index (χ3v) is 11.3. The van der Waals surface area contributed by atoms with Crippen LogP contribution in [-0.2, 0) is 5.41 Å². The van der Waals surface area contributed by atoms with Crippen LogP contribution in [0, 0.1) is 0 Å². The lowest BCUT2D eigenvalue weighted by atomic mass is 9.78.